The minimum Gasteiger partial charge on any atom is -0.371 e. The monoisotopic (exact) mass is 358 g/mol. The summed E-state index contributed by atoms with van der Waals surface area (Å²) in [5.74, 6) is 0. The molecule has 2 aliphatic heterocycles. The number of aromatic nitrogens is 1. The number of pyridine rings is 1. The van der Waals surface area contributed by atoms with Gasteiger partial charge in [0.15, 0.2) is 0 Å². The van der Waals surface area contributed by atoms with Crippen molar-refractivity contribution in [1.29, 1.82) is 0 Å². The van der Waals surface area contributed by atoms with Crippen molar-refractivity contribution >= 4 is 11.3 Å². The molecule has 0 unspecified atom stereocenters. The zero-order chi connectivity index (χ0) is 17.1. The van der Waals surface area contributed by atoms with E-state index in [1.807, 2.05) is 23.6 Å². The predicted molar refractivity (Wildman–Crippen MR) is 99.7 cm³/mol. The highest BCUT2D eigenvalue weighted by molar-refractivity contribution is 7.11. The lowest BCUT2D eigenvalue weighted by Crippen LogP contribution is -2.47. The average Bonchev–Trinajstić information content (AvgIpc) is 3.20. The predicted octanol–water partition coefficient (Wildman–Crippen LogP) is 3.79. The molecule has 4 nitrogen and oxygen atoms in total. The van der Waals surface area contributed by atoms with Gasteiger partial charge < -0.3 is 9.47 Å². The molecule has 0 N–H and O–H groups in total. The van der Waals surface area contributed by atoms with Crippen molar-refractivity contribution in [2.45, 2.75) is 51.0 Å². The van der Waals surface area contributed by atoms with E-state index in [4.69, 9.17) is 9.47 Å². The second kappa shape index (κ2) is 7.54. The Morgan fingerprint density at radius 1 is 1.40 bits per heavy atom. The van der Waals surface area contributed by atoms with Crippen molar-refractivity contribution in [2.24, 2.45) is 0 Å². The fourth-order valence-corrected chi connectivity index (χ4v) is 4.94. The van der Waals surface area contributed by atoms with E-state index in [1.165, 1.54) is 22.7 Å². The standard InChI is InChI=1S/C20H26N2O2S/c1-16-5-6-19(25-16)12-22-9-3-7-20(15-22)10-18(14-24-20)23-13-17-4-2-8-21-11-17/h2,4-6,8,11,18H,3,7,9-10,12-15H2,1H3/t18-,20+/m1/s1. The lowest BCUT2D eigenvalue weighted by molar-refractivity contribution is -0.0546. The first kappa shape index (κ1) is 17.2. The van der Waals surface area contributed by atoms with E-state index in [2.05, 4.69) is 35.0 Å². The maximum Gasteiger partial charge on any atom is 0.0841 e. The molecule has 2 atom stereocenters. The summed E-state index contributed by atoms with van der Waals surface area (Å²) in [4.78, 5) is 9.55. The summed E-state index contributed by atoms with van der Waals surface area (Å²) < 4.78 is 12.4. The molecular formula is C20H26N2O2S. The van der Waals surface area contributed by atoms with Crippen molar-refractivity contribution in [1.82, 2.24) is 9.88 Å². The highest BCUT2D eigenvalue weighted by Crippen LogP contribution is 2.36. The molecule has 2 fully saturated rings. The van der Waals surface area contributed by atoms with Gasteiger partial charge in [0.2, 0.25) is 0 Å². The Balaban J connectivity index is 1.31. The lowest BCUT2D eigenvalue weighted by Gasteiger charge is -2.39. The summed E-state index contributed by atoms with van der Waals surface area (Å²) in [5.41, 5.74) is 1.12. The van der Waals surface area contributed by atoms with Gasteiger partial charge in [-0.25, -0.2) is 0 Å². The topological polar surface area (TPSA) is 34.6 Å². The number of piperidine rings is 1. The SMILES string of the molecule is Cc1ccc(CN2CCC[C@]3(C[C@@H](OCc4cccnc4)CO3)C2)s1. The van der Waals surface area contributed by atoms with Gasteiger partial charge >= 0.3 is 0 Å². The normalized spacial score (nSPS) is 27.2. The van der Waals surface area contributed by atoms with Crippen LogP contribution in [0.25, 0.3) is 0 Å². The van der Waals surface area contributed by atoms with Crippen LogP contribution in [0.15, 0.2) is 36.7 Å². The highest BCUT2D eigenvalue weighted by Gasteiger charge is 2.43. The van der Waals surface area contributed by atoms with Crippen LogP contribution in [-0.4, -0.2) is 41.3 Å². The zero-order valence-corrected chi connectivity index (χ0v) is 15.6. The average molecular weight is 359 g/mol. The molecule has 0 radical (unpaired) electrons. The molecule has 0 saturated carbocycles. The smallest absolute Gasteiger partial charge is 0.0841 e. The zero-order valence-electron chi connectivity index (χ0n) is 14.8. The minimum absolute atomic E-state index is 0.00976. The number of thiophene rings is 1. The third-order valence-corrected chi connectivity index (χ3v) is 6.16. The molecule has 0 amide bonds. The molecule has 0 aromatic carbocycles. The summed E-state index contributed by atoms with van der Waals surface area (Å²) in [5, 5.41) is 0. The number of likely N-dealkylation sites (tertiary alicyclic amines) is 1. The Kier molecular flexibility index (Phi) is 5.17. The first-order valence-corrected chi connectivity index (χ1v) is 9.95. The lowest BCUT2D eigenvalue weighted by atomic mass is 9.89. The Hall–Kier alpha value is -1.27. The number of aryl methyl sites for hydroxylation is 1. The first-order valence-electron chi connectivity index (χ1n) is 9.13. The highest BCUT2D eigenvalue weighted by atomic mass is 32.1. The van der Waals surface area contributed by atoms with E-state index in [0.717, 1.165) is 31.5 Å². The van der Waals surface area contributed by atoms with Crippen LogP contribution in [0.1, 0.15) is 34.6 Å². The second-order valence-corrected chi connectivity index (χ2v) is 8.69. The quantitative estimate of drug-likeness (QED) is 0.814. The molecule has 4 heterocycles. The van der Waals surface area contributed by atoms with Crippen LogP contribution in [0.4, 0.5) is 0 Å². The number of nitrogens with zero attached hydrogens (tertiary/aromatic N) is 2. The molecule has 2 aromatic rings. The molecule has 134 valence electrons. The fourth-order valence-electron chi connectivity index (χ4n) is 4.01. The van der Waals surface area contributed by atoms with Crippen LogP contribution in [0.5, 0.6) is 0 Å². The van der Waals surface area contributed by atoms with Gasteiger partial charge in [-0.2, -0.15) is 0 Å². The van der Waals surface area contributed by atoms with E-state index < -0.39 is 0 Å². The third kappa shape index (κ3) is 4.29. The third-order valence-electron chi connectivity index (χ3n) is 5.18. The molecule has 25 heavy (non-hydrogen) atoms. The number of rotatable bonds is 5. The van der Waals surface area contributed by atoms with Crippen molar-refractivity contribution in [3.05, 3.63) is 52.0 Å². The Bertz CT molecular complexity index is 690. The van der Waals surface area contributed by atoms with Crippen LogP contribution >= 0.6 is 11.3 Å². The van der Waals surface area contributed by atoms with Crippen LogP contribution in [0.3, 0.4) is 0 Å². The maximum absolute atomic E-state index is 6.28. The van der Waals surface area contributed by atoms with Crippen LogP contribution in [0.2, 0.25) is 0 Å². The van der Waals surface area contributed by atoms with Crippen LogP contribution in [-0.2, 0) is 22.6 Å². The summed E-state index contributed by atoms with van der Waals surface area (Å²) in [6, 6.07) is 8.49. The van der Waals surface area contributed by atoms with Crippen molar-refractivity contribution in [2.75, 3.05) is 19.7 Å². The van der Waals surface area contributed by atoms with Gasteiger partial charge in [-0.3, -0.25) is 9.88 Å². The van der Waals surface area contributed by atoms with E-state index in [1.54, 1.807) is 6.20 Å². The van der Waals surface area contributed by atoms with Gasteiger partial charge in [-0.1, -0.05) is 6.07 Å². The molecule has 0 bridgehead atoms. The molecule has 5 heteroatoms. The summed E-state index contributed by atoms with van der Waals surface area (Å²) in [6.07, 6.45) is 7.23. The van der Waals surface area contributed by atoms with Crippen molar-refractivity contribution < 1.29 is 9.47 Å². The van der Waals surface area contributed by atoms with Crippen LogP contribution < -0.4 is 0 Å². The number of ether oxygens (including phenoxy) is 2. The Morgan fingerprint density at radius 2 is 2.36 bits per heavy atom. The van der Waals surface area contributed by atoms with Crippen molar-refractivity contribution in [3.8, 4) is 0 Å². The maximum atomic E-state index is 6.28. The summed E-state index contributed by atoms with van der Waals surface area (Å²) in [7, 11) is 0. The van der Waals surface area contributed by atoms with Gasteiger partial charge in [-0.05, 0) is 50.1 Å². The molecule has 1 spiro atoms. The summed E-state index contributed by atoms with van der Waals surface area (Å²) in [6.45, 7) is 6.75. The second-order valence-electron chi connectivity index (χ2n) is 7.32. The summed E-state index contributed by atoms with van der Waals surface area (Å²) >= 11 is 1.91. The van der Waals surface area contributed by atoms with Gasteiger partial charge in [-0.15, -0.1) is 11.3 Å². The van der Waals surface area contributed by atoms with Gasteiger partial charge in [0.05, 0.1) is 24.9 Å². The van der Waals surface area contributed by atoms with E-state index in [-0.39, 0.29) is 11.7 Å². The molecule has 2 saturated heterocycles. The fraction of sp³-hybridized carbons (Fsp3) is 0.550. The molecule has 0 aliphatic carbocycles. The Morgan fingerprint density at radius 3 is 3.16 bits per heavy atom. The first-order chi connectivity index (χ1) is 12.2. The molecule has 2 aliphatic rings. The van der Waals surface area contributed by atoms with Crippen molar-refractivity contribution in [3.63, 3.8) is 0 Å². The van der Waals surface area contributed by atoms with E-state index >= 15 is 0 Å². The minimum atomic E-state index is -0.00976. The van der Waals surface area contributed by atoms with Gasteiger partial charge in [0, 0.05) is 41.7 Å². The van der Waals surface area contributed by atoms with E-state index in [0.29, 0.717) is 13.2 Å². The van der Waals surface area contributed by atoms with Gasteiger partial charge in [0.25, 0.3) is 0 Å². The van der Waals surface area contributed by atoms with Gasteiger partial charge in [0.1, 0.15) is 0 Å². The largest absolute Gasteiger partial charge is 0.371 e. The van der Waals surface area contributed by atoms with Crippen LogP contribution in [0, 0.1) is 6.92 Å². The number of hydrogen-bond donors (Lipinski definition) is 0. The van der Waals surface area contributed by atoms with E-state index in [9.17, 15) is 0 Å². The Labute approximate surface area is 153 Å². The molecule has 4 rings (SSSR count). The number of hydrogen-bond acceptors (Lipinski definition) is 5. The molecular weight excluding hydrogens is 332 g/mol. The molecule has 2 aromatic heterocycles.